The topological polar surface area (TPSA) is 85.3 Å². The second-order valence-corrected chi connectivity index (χ2v) is 9.18. The van der Waals surface area contributed by atoms with E-state index in [1.54, 1.807) is 54.6 Å². The summed E-state index contributed by atoms with van der Waals surface area (Å²) in [5.41, 5.74) is 1.75. The number of aliphatic hydroxyl groups excluding tert-OH is 1. The SMILES string of the molecule is CC(C)Oc1cccc(C2/C(=C(/O)c3ccc4c(c3)OCO4)C(=O)C(=O)N2CCc2ccc(F)cc2)c1. The van der Waals surface area contributed by atoms with Crippen molar-refractivity contribution < 1.29 is 33.3 Å². The Morgan fingerprint density at radius 3 is 2.57 bits per heavy atom. The lowest BCUT2D eigenvalue weighted by atomic mass is 9.95. The molecule has 1 saturated heterocycles. The molecule has 3 aromatic carbocycles. The average molecular weight is 504 g/mol. The number of Topliss-reactive ketones (excluding diaryl/α,β-unsaturated/α-hetero) is 1. The van der Waals surface area contributed by atoms with Gasteiger partial charge in [0.15, 0.2) is 11.5 Å². The van der Waals surface area contributed by atoms with Crippen LogP contribution in [0.1, 0.15) is 36.6 Å². The van der Waals surface area contributed by atoms with E-state index in [9.17, 15) is 19.1 Å². The predicted octanol–water partition coefficient (Wildman–Crippen LogP) is 5.01. The normalized spacial score (nSPS) is 18.1. The van der Waals surface area contributed by atoms with Gasteiger partial charge in [-0.25, -0.2) is 4.39 Å². The van der Waals surface area contributed by atoms with E-state index in [2.05, 4.69) is 0 Å². The molecule has 2 heterocycles. The second-order valence-electron chi connectivity index (χ2n) is 9.18. The van der Waals surface area contributed by atoms with E-state index >= 15 is 0 Å². The zero-order valence-corrected chi connectivity index (χ0v) is 20.4. The summed E-state index contributed by atoms with van der Waals surface area (Å²) in [7, 11) is 0. The summed E-state index contributed by atoms with van der Waals surface area (Å²) in [6, 6.07) is 17.1. The zero-order chi connectivity index (χ0) is 26.1. The molecule has 1 unspecified atom stereocenters. The van der Waals surface area contributed by atoms with Gasteiger partial charge in [-0.1, -0.05) is 24.3 Å². The fraction of sp³-hybridized carbons (Fsp3) is 0.241. The van der Waals surface area contributed by atoms with E-state index in [1.807, 2.05) is 13.8 Å². The van der Waals surface area contributed by atoms with Crippen molar-refractivity contribution in [2.24, 2.45) is 0 Å². The number of aliphatic hydroxyl groups is 1. The second kappa shape index (κ2) is 9.97. The fourth-order valence-corrected chi connectivity index (χ4v) is 4.59. The number of ether oxygens (including phenoxy) is 3. The van der Waals surface area contributed by atoms with Crippen LogP contribution < -0.4 is 14.2 Å². The van der Waals surface area contributed by atoms with Crippen molar-refractivity contribution in [2.75, 3.05) is 13.3 Å². The number of halogens is 1. The molecule has 1 N–H and O–H groups in total. The Kier molecular flexibility index (Phi) is 6.56. The van der Waals surface area contributed by atoms with Gasteiger partial charge in [-0.3, -0.25) is 9.59 Å². The van der Waals surface area contributed by atoms with Crippen molar-refractivity contribution in [1.82, 2.24) is 4.90 Å². The minimum Gasteiger partial charge on any atom is -0.507 e. The van der Waals surface area contributed by atoms with Gasteiger partial charge in [0.05, 0.1) is 17.7 Å². The first-order chi connectivity index (χ1) is 17.8. The van der Waals surface area contributed by atoms with E-state index in [0.29, 0.717) is 34.8 Å². The molecule has 190 valence electrons. The van der Waals surface area contributed by atoms with Crippen LogP contribution >= 0.6 is 0 Å². The molecule has 0 bridgehead atoms. The fourth-order valence-electron chi connectivity index (χ4n) is 4.59. The molecule has 1 amide bonds. The van der Waals surface area contributed by atoms with Crippen LogP contribution in [-0.2, 0) is 16.0 Å². The first-order valence-electron chi connectivity index (χ1n) is 12.0. The van der Waals surface area contributed by atoms with Crippen LogP contribution in [0, 0.1) is 5.82 Å². The Morgan fingerprint density at radius 2 is 1.81 bits per heavy atom. The molecule has 1 atom stereocenters. The van der Waals surface area contributed by atoms with Gasteiger partial charge in [0.25, 0.3) is 11.7 Å². The molecule has 7 nitrogen and oxygen atoms in total. The highest BCUT2D eigenvalue weighted by atomic mass is 19.1. The third-order valence-electron chi connectivity index (χ3n) is 6.29. The van der Waals surface area contributed by atoms with Crippen LogP contribution in [-0.4, -0.2) is 41.1 Å². The molecule has 1 fully saturated rings. The number of benzene rings is 3. The largest absolute Gasteiger partial charge is 0.507 e. The summed E-state index contributed by atoms with van der Waals surface area (Å²) in [4.78, 5) is 28.0. The quantitative estimate of drug-likeness (QED) is 0.277. The van der Waals surface area contributed by atoms with Gasteiger partial charge in [0.1, 0.15) is 17.3 Å². The molecule has 0 saturated carbocycles. The molecule has 2 aliphatic rings. The van der Waals surface area contributed by atoms with E-state index in [1.165, 1.54) is 17.0 Å². The number of nitrogens with zero attached hydrogens (tertiary/aromatic N) is 1. The van der Waals surface area contributed by atoms with Crippen LogP contribution in [0.2, 0.25) is 0 Å². The maximum atomic E-state index is 13.4. The summed E-state index contributed by atoms with van der Waals surface area (Å²) in [6.45, 7) is 4.06. The molecule has 0 aliphatic carbocycles. The number of likely N-dealkylation sites (tertiary alicyclic amines) is 1. The van der Waals surface area contributed by atoms with Crippen molar-refractivity contribution in [3.63, 3.8) is 0 Å². The van der Waals surface area contributed by atoms with Gasteiger partial charge in [-0.05, 0) is 73.9 Å². The highest BCUT2D eigenvalue weighted by Gasteiger charge is 2.46. The van der Waals surface area contributed by atoms with Crippen molar-refractivity contribution >= 4 is 17.4 Å². The van der Waals surface area contributed by atoms with Crippen LogP contribution in [0.5, 0.6) is 17.2 Å². The van der Waals surface area contributed by atoms with Crippen molar-refractivity contribution in [1.29, 1.82) is 0 Å². The molecule has 3 aromatic rings. The lowest BCUT2D eigenvalue weighted by molar-refractivity contribution is -0.139. The third kappa shape index (κ3) is 4.87. The lowest BCUT2D eigenvalue weighted by Gasteiger charge is -2.26. The number of fused-ring (bicyclic) bond motifs is 1. The maximum absolute atomic E-state index is 13.4. The number of ketones is 1. The van der Waals surface area contributed by atoms with Crippen LogP contribution in [0.25, 0.3) is 5.76 Å². The van der Waals surface area contributed by atoms with E-state index in [0.717, 1.165) is 5.56 Å². The van der Waals surface area contributed by atoms with Gasteiger partial charge in [0.2, 0.25) is 6.79 Å². The first kappa shape index (κ1) is 24.4. The minimum atomic E-state index is -0.846. The number of rotatable bonds is 7. The van der Waals surface area contributed by atoms with Crippen LogP contribution in [0.15, 0.2) is 72.3 Å². The summed E-state index contributed by atoms with van der Waals surface area (Å²) in [6.07, 6.45) is 0.324. The Balaban J connectivity index is 1.57. The number of hydrogen-bond acceptors (Lipinski definition) is 6. The Morgan fingerprint density at radius 1 is 1.05 bits per heavy atom. The highest BCUT2D eigenvalue weighted by Crippen LogP contribution is 2.42. The van der Waals surface area contributed by atoms with Gasteiger partial charge in [-0.15, -0.1) is 0 Å². The third-order valence-corrected chi connectivity index (χ3v) is 6.29. The Labute approximate surface area is 213 Å². The molecule has 0 radical (unpaired) electrons. The molecule has 5 rings (SSSR count). The van der Waals surface area contributed by atoms with E-state index < -0.39 is 17.7 Å². The molecule has 0 aromatic heterocycles. The van der Waals surface area contributed by atoms with Gasteiger partial charge in [0, 0.05) is 12.1 Å². The molecular weight excluding hydrogens is 477 g/mol. The molecule has 8 heteroatoms. The van der Waals surface area contributed by atoms with Gasteiger partial charge in [-0.2, -0.15) is 0 Å². The minimum absolute atomic E-state index is 0.0235. The molecule has 37 heavy (non-hydrogen) atoms. The smallest absolute Gasteiger partial charge is 0.295 e. The maximum Gasteiger partial charge on any atom is 0.295 e. The van der Waals surface area contributed by atoms with E-state index in [-0.39, 0.29) is 36.6 Å². The first-order valence-corrected chi connectivity index (χ1v) is 12.0. The van der Waals surface area contributed by atoms with Gasteiger partial charge < -0.3 is 24.2 Å². The molecule has 0 spiro atoms. The predicted molar refractivity (Wildman–Crippen MR) is 134 cm³/mol. The average Bonchev–Trinajstić information content (AvgIpc) is 3.45. The van der Waals surface area contributed by atoms with Crippen molar-refractivity contribution in [3.8, 4) is 17.2 Å². The summed E-state index contributed by atoms with van der Waals surface area (Å²) in [5.74, 6) is -0.598. The summed E-state index contributed by atoms with van der Waals surface area (Å²) < 4.78 is 30.0. The van der Waals surface area contributed by atoms with Crippen LogP contribution in [0.3, 0.4) is 0 Å². The van der Waals surface area contributed by atoms with Crippen LogP contribution in [0.4, 0.5) is 4.39 Å². The number of carbonyl (C=O) groups excluding carboxylic acids is 2. The highest BCUT2D eigenvalue weighted by molar-refractivity contribution is 6.46. The number of amides is 1. The molecular formula is C29H26FNO6. The summed E-state index contributed by atoms with van der Waals surface area (Å²) in [5, 5.41) is 11.3. The Bertz CT molecular complexity index is 1380. The molecule has 2 aliphatic heterocycles. The lowest BCUT2D eigenvalue weighted by Crippen LogP contribution is -2.31. The van der Waals surface area contributed by atoms with Gasteiger partial charge >= 0.3 is 0 Å². The summed E-state index contributed by atoms with van der Waals surface area (Å²) >= 11 is 0. The standard InChI is InChI=1S/C29H26FNO6/c1-17(2)37-22-5-3-4-19(14-22)26-25(27(32)20-8-11-23-24(15-20)36-16-35-23)28(33)29(34)31(26)13-12-18-6-9-21(30)10-7-18/h3-11,14-15,17,26,32H,12-13,16H2,1-2H3/b27-25-. The van der Waals surface area contributed by atoms with E-state index in [4.69, 9.17) is 14.2 Å². The Hall–Kier alpha value is -4.33. The van der Waals surface area contributed by atoms with Crippen molar-refractivity contribution in [2.45, 2.75) is 32.4 Å². The monoisotopic (exact) mass is 503 g/mol. The zero-order valence-electron chi connectivity index (χ0n) is 20.4. The van der Waals surface area contributed by atoms with Crippen molar-refractivity contribution in [3.05, 3.63) is 94.8 Å². The number of hydrogen-bond donors (Lipinski definition) is 1. The number of carbonyl (C=O) groups is 2.